The van der Waals surface area contributed by atoms with E-state index in [9.17, 15) is 14.4 Å². The fourth-order valence-electron chi connectivity index (χ4n) is 2.99. The number of amides is 2. The zero-order chi connectivity index (χ0) is 18.8. The summed E-state index contributed by atoms with van der Waals surface area (Å²) in [5.41, 5.74) is 5.19. The summed E-state index contributed by atoms with van der Waals surface area (Å²) in [4.78, 5) is 35.1. The summed E-state index contributed by atoms with van der Waals surface area (Å²) in [5, 5.41) is 2.94. The van der Waals surface area contributed by atoms with Gasteiger partial charge in [-0.25, -0.2) is 4.79 Å². The lowest BCUT2D eigenvalue weighted by molar-refractivity contribution is -0.125. The van der Waals surface area contributed by atoms with E-state index in [1.54, 1.807) is 12.1 Å². The number of nitrogens with two attached hydrogens (primary N) is 1. The number of carbonyl (C=O) groups is 3. The van der Waals surface area contributed by atoms with Crippen LogP contribution >= 0.6 is 0 Å². The van der Waals surface area contributed by atoms with Gasteiger partial charge in [0.1, 0.15) is 11.3 Å². The molecule has 26 heavy (non-hydrogen) atoms. The van der Waals surface area contributed by atoms with Gasteiger partial charge in [-0.2, -0.15) is 0 Å². The largest absolute Gasteiger partial charge is 0.483 e. The molecular formula is C19H26N2O5. The lowest BCUT2D eigenvalue weighted by Crippen LogP contribution is -2.38. The lowest BCUT2D eigenvalue weighted by Gasteiger charge is -2.21. The van der Waals surface area contributed by atoms with Crippen molar-refractivity contribution >= 4 is 17.8 Å². The van der Waals surface area contributed by atoms with Crippen molar-refractivity contribution in [3.05, 3.63) is 29.8 Å². The van der Waals surface area contributed by atoms with E-state index in [0.29, 0.717) is 0 Å². The summed E-state index contributed by atoms with van der Waals surface area (Å²) in [6, 6.07) is 6.49. The zero-order valence-corrected chi connectivity index (χ0v) is 14.9. The molecule has 2 amide bonds. The number of benzene rings is 1. The third-order valence-corrected chi connectivity index (χ3v) is 4.28. The smallest absolute Gasteiger partial charge is 0.342 e. The number of ether oxygens (including phenoxy) is 2. The summed E-state index contributed by atoms with van der Waals surface area (Å²) < 4.78 is 10.3. The van der Waals surface area contributed by atoms with Crippen LogP contribution in [0.2, 0.25) is 0 Å². The summed E-state index contributed by atoms with van der Waals surface area (Å²) in [5.74, 6) is -1.44. The molecule has 0 spiro atoms. The van der Waals surface area contributed by atoms with Crippen LogP contribution in [0.1, 0.15) is 55.3 Å². The quantitative estimate of drug-likeness (QED) is 0.721. The first-order valence-electron chi connectivity index (χ1n) is 9.03. The van der Waals surface area contributed by atoms with Gasteiger partial charge in [-0.15, -0.1) is 0 Å². The first-order valence-corrected chi connectivity index (χ1v) is 9.03. The Hall–Kier alpha value is -2.57. The predicted octanol–water partition coefficient (Wildman–Crippen LogP) is 1.94. The van der Waals surface area contributed by atoms with E-state index >= 15 is 0 Å². The van der Waals surface area contributed by atoms with Crippen molar-refractivity contribution in [2.24, 2.45) is 5.73 Å². The van der Waals surface area contributed by atoms with Crippen LogP contribution < -0.4 is 15.8 Å². The van der Waals surface area contributed by atoms with Crippen LogP contribution in [0.4, 0.5) is 0 Å². The molecule has 142 valence electrons. The van der Waals surface area contributed by atoms with Gasteiger partial charge in [-0.3, -0.25) is 9.59 Å². The second kappa shape index (κ2) is 10.4. The molecule has 1 aromatic rings. The summed E-state index contributed by atoms with van der Waals surface area (Å²) in [7, 11) is 0. The molecule has 2 rings (SSSR count). The number of hydrogen-bond donors (Lipinski definition) is 2. The molecule has 1 aliphatic rings. The van der Waals surface area contributed by atoms with Crippen LogP contribution in [0.3, 0.4) is 0 Å². The van der Waals surface area contributed by atoms with E-state index in [4.69, 9.17) is 15.2 Å². The van der Waals surface area contributed by atoms with Gasteiger partial charge in [0.25, 0.3) is 11.8 Å². The highest BCUT2D eigenvalue weighted by Gasteiger charge is 2.18. The third-order valence-electron chi connectivity index (χ3n) is 4.28. The van der Waals surface area contributed by atoms with Gasteiger partial charge in [0.05, 0.1) is 0 Å². The molecule has 0 aliphatic heterocycles. The van der Waals surface area contributed by atoms with E-state index < -0.39 is 11.9 Å². The van der Waals surface area contributed by atoms with E-state index in [2.05, 4.69) is 5.32 Å². The maximum absolute atomic E-state index is 12.2. The molecule has 1 aliphatic carbocycles. The Morgan fingerprint density at radius 2 is 1.65 bits per heavy atom. The first kappa shape index (κ1) is 19.8. The molecular weight excluding hydrogens is 336 g/mol. The average molecular weight is 362 g/mol. The highest BCUT2D eigenvalue weighted by molar-refractivity contribution is 5.94. The van der Waals surface area contributed by atoms with Gasteiger partial charge < -0.3 is 20.5 Å². The van der Waals surface area contributed by atoms with Crippen LogP contribution in [0.15, 0.2) is 24.3 Å². The molecule has 0 heterocycles. The Morgan fingerprint density at radius 1 is 1.00 bits per heavy atom. The SMILES string of the molecule is NC(=O)COc1ccccc1C(=O)OCC(=O)NC1CCCCCCC1. The summed E-state index contributed by atoms with van der Waals surface area (Å²) in [6.45, 7) is -0.689. The molecule has 0 atom stereocenters. The normalized spacial score (nSPS) is 15.4. The van der Waals surface area contributed by atoms with Gasteiger partial charge in [-0.1, -0.05) is 44.2 Å². The number of nitrogens with one attached hydrogen (secondary N) is 1. The molecule has 1 aromatic carbocycles. The van der Waals surface area contributed by atoms with Crippen molar-refractivity contribution < 1.29 is 23.9 Å². The van der Waals surface area contributed by atoms with Crippen LogP contribution in [0.5, 0.6) is 5.75 Å². The molecule has 0 aromatic heterocycles. The van der Waals surface area contributed by atoms with Gasteiger partial charge in [0, 0.05) is 6.04 Å². The minimum Gasteiger partial charge on any atom is -0.483 e. The highest BCUT2D eigenvalue weighted by atomic mass is 16.5. The van der Waals surface area contributed by atoms with Crippen molar-refractivity contribution in [1.82, 2.24) is 5.32 Å². The van der Waals surface area contributed by atoms with Gasteiger partial charge in [0.2, 0.25) is 0 Å². The first-order chi connectivity index (χ1) is 12.6. The second-order valence-corrected chi connectivity index (χ2v) is 6.44. The number of rotatable bonds is 7. The van der Waals surface area contributed by atoms with Crippen molar-refractivity contribution in [3.63, 3.8) is 0 Å². The standard InChI is InChI=1S/C19H26N2O5/c20-17(22)12-25-16-11-7-6-10-15(16)19(24)26-13-18(23)21-14-8-4-2-1-3-5-9-14/h6-7,10-11,14H,1-5,8-9,12-13H2,(H2,20,22)(H,21,23). The maximum Gasteiger partial charge on any atom is 0.342 e. The van der Waals surface area contributed by atoms with Gasteiger partial charge >= 0.3 is 5.97 Å². The van der Waals surface area contributed by atoms with Gasteiger partial charge in [0.15, 0.2) is 13.2 Å². The molecule has 1 fully saturated rings. The maximum atomic E-state index is 12.2. The van der Waals surface area contributed by atoms with Crippen molar-refractivity contribution in [2.45, 2.75) is 51.0 Å². The molecule has 1 saturated carbocycles. The van der Waals surface area contributed by atoms with Crippen molar-refractivity contribution in [2.75, 3.05) is 13.2 Å². The molecule has 0 unspecified atom stereocenters. The molecule has 7 heteroatoms. The Morgan fingerprint density at radius 3 is 2.35 bits per heavy atom. The Balaban J connectivity index is 1.83. The molecule has 3 N–H and O–H groups in total. The van der Waals surface area contributed by atoms with Gasteiger partial charge in [-0.05, 0) is 25.0 Å². The Kier molecular flexibility index (Phi) is 7.92. The highest BCUT2D eigenvalue weighted by Crippen LogP contribution is 2.19. The van der Waals surface area contributed by atoms with Crippen LogP contribution in [0.25, 0.3) is 0 Å². The number of carbonyl (C=O) groups excluding carboxylic acids is 3. The van der Waals surface area contributed by atoms with Crippen LogP contribution in [-0.4, -0.2) is 37.0 Å². The van der Waals surface area contributed by atoms with E-state index in [1.165, 1.54) is 31.4 Å². The minimum absolute atomic E-state index is 0.146. The third kappa shape index (κ3) is 6.74. The van der Waals surface area contributed by atoms with Crippen LogP contribution in [-0.2, 0) is 14.3 Å². The predicted molar refractivity (Wildman–Crippen MR) is 95.7 cm³/mol. The van der Waals surface area contributed by atoms with E-state index in [0.717, 1.165) is 25.7 Å². The van der Waals surface area contributed by atoms with E-state index in [1.807, 2.05) is 0 Å². The van der Waals surface area contributed by atoms with Crippen molar-refractivity contribution in [3.8, 4) is 5.75 Å². The Labute approximate surface area is 153 Å². The molecule has 7 nitrogen and oxygen atoms in total. The van der Waals surface area contributed by atoms with E-state index in [-0.39, 0.29) is 36.5 Å². The fourth-order valence-corrected chi connectivity index (χ4v) is 2.99. The molecule has 0 bridgehead atoms. The summed E-state index contributed by atoms with van der Waals surface area (Å²) >= 11 is 0. The minimum atomic E-state index is -0.683. The Bertz CT molecular complexity index is 624. The monoisotopic (exact) mass is 362 g/mol. The second-order valence-electron chi connectivity index (χ2n) is 6.44. The number of hydrogen-bond acceptors (Lipinski definition) is 5. The van der Waals surface area contributed by atoms with Crippen molar-refractivity contribution in [1.29, 1.82) is 0 Å². The number of esters is 1. The molecule has 0 saturated heterocycles. The van der Waals surface area contributed by atoms with Crippen LogP contribution in [0, 0.1) is 0 Å². The fraction of sp³-hybridized carbons (Fsp3) is 0.526. The average Bonchev–Trinajstić information content (AvgIpc) is 2.60. The topological polar surface area (TPSA) is 108 Å². The number of primary amides is 1. The number of para-hydroxylation sites is 1. The lowest BCUT2D eigenvalue weighted by atomic mass is 9.97. The molecule has 0 radical (unpaired) electrons. The zero-order valence-electron chi connectivity index (χ0n) is 14.9. The summed E-state index contributed by atoms with van der Waals surface area (Å²) in [6.07, 6.45) is 7.79.